The van der Waals surface area contributed by atoms with E-state index in [1.807, 2.05) is 18.2 Å². The highest BCUT2D eigenvalue weighted by atomic mass is 79.9. The molecular formula is C16H18BrNO. The van der Waals surface area contributed by atoms with E-state index in [2.05, 4.69) is 58.9 Å². The molecule has 2 nitrogen and oxygen atoms in total. The van der Waals surface area contributed by atoms with Crippen LogP contribution in [0.5, 0.6) is 0 Å². The van der Waals surface area contributed by atoms with E-state index < -0.39 is 0 Å². The van der Waals surface area contributed by atoms with Gasteiger partial charge in [0.1, 0.15) is 0 Å². The van der Waals surface area contributed by atoms with Crippen LogP contribution in [0, 0.1) is 6.92 Å². The summed E-state index contributed by atoms with van der Waals surface area (Å²) in [4.78, 5) is 2.24. The van der Waals surface area contributed by atoms with Crippen LogP contribution >= 0.6 is 15.9 Å². The number of hydrogen-bond acceptors (Lipinski definition) is 2. The van der Waals surface area contributed by atoms with Crippen molar-refractivity contribution in [2.75, 3.05) is 11.4 Å². The summed E-state index contributed by atoms with van der Waals surface area (Å²) in [6, 6.07) is 14.5. The molecule has 2 aromatic carbocycles. The smallest absolute Gasteiger partial charge is 0.0682 e. The van der Waals surface area contributed by atoms with E-state index in [4.69, 9.17) is 5.11 Å². The number of halogens is 1. The maximum atomic E-state index is 9.16. The van der Waals surface area contributed by atoms with Crippen molar-refractivity contribution < 1.29 is 5.11 Å². The first-order valence-corrected chi connectivity index (χ1v) is 7.18. The van der Waals surface area contributed by atoms with Crippen LogP contribution in [0.15, 0.2) is 46.9 Å². The largest absolute Gasteiger partial charge is 0.392 e. The minimum absolute atomic E-state index is 0.0650. The third-order valence-corrected chi connectivity index (χ3v) is 3.78. The summed E-state index contributed by atoms with van der Waals surface area (Å²) < 4.78 is 1.00. The number of nitrogens with zero attached hydrogens (tertiary/aromatic N) is 1. The minimum atomic E-state index is 0.0650. The van der Waals surface area contributed by atoms with Gasteiger partial charge in [0.15, 0.2) is 0 Å². The average Bonchev–Trinajstić information content (AvgIpc) is 2.43. The molecule has 19 heavy (non-hydrogen) atoms. The Morgan fingerprint density at radius 1 is 1.11 bits per heavy atom. The van der Waals surface area contributed by atoms with Crippen molar-refractivity contribution in [2.24, 2.45) is 0 Å². The summed E-state index contributed by atoms with van der Waals surface area (Å²) in [7, 11) is 0. The summed E-state index contributed by atoms with van der Waals surface area (Å²) in [5, 5.41) is 9.16. The molecular weight excluding hydrogens is 302 g/mol. The van der Waals surface area contributed by atoms with Gasteiger partial charge < -0.3 is 10.0 Å². The van der Waals surface area contributed by atoms with Crippen LogP contribution < -0.4 is 4.90 Å². The molecule has 0 unspecified atom stereocenters. The number of aryl methyl sites for hydroxylation is 1. The maximum Gasteiger partial charge on any atom is 0.0682 e. The molecule has 0 amide bonds. The van der Waals surface area contributed by atoms with Gasteiger partial charge in [-0.2, -0.15) is 0 Å². The Balaban J connectivity index is 2.39. The lowest BCUT2D eigenvalue weighted by Gasteiger charge is -2.25. The molecule has 100 valence electrons. The van der Waals surface area contributed by atoms with Crippen molar-refractivity contribution in [2.45, 2.75) is 20.5 Å². The zero-order chi connectivity index (χ0) is 13.8. The van der Waals surface area contributed by atoms with Gasteiger partial charge in [0.2, 0.25) is 0 Å². The molecule has 2 aromatic rings. The molecule has 0 heterocycles. The normalized spacial score (nSPS) is 10.5. The monoisotopic (exact) mass is 319 g/mol. The molecule has 0 bridgehead atoms. The number of aliphatic hydroxyl groups is 1. The Bertz CT molecular complexity index is 551. The van der Waals surface area contributed by atoms with Crippen LogP contribution in [0.4, 0.5) is 11.4 Å². The van der Waals surface area contributed by atoms with Crippen LogP contribution in [-0.4, -0.2) is 11.7 Å². The molecule has 0 fully saturated rings. The third-order valence-electron chi connectivity index (χ3n) is 3.15. The Kier molecular flexibility index (Phi) is 4.61. The number of rotatable bonds is 4. The fraction of sp³-hybridized carbons (Fsp3) is 0.250. The van der Waals surface area contributed by atoms with Gasteiger partial charge in [0.05, 0.1) is 12.3 Å². The SMILES string of the molecule is CCN(c1ccc(C)cc1)c1ccc(CO)cc1Br. The van der Waals surface area contributed by atoms with E-state index in [1.54, 1.807) is 0 Å². The van der Waals surface area contributed by atoms with Crippen molar-refractivity contribution in [3.8, 4) is 0 Å². The molecule has 0 aromatic heterocycles. The quantitative estimate of drug-likeness (QED) is 0.902. The number of hydrogen-bond donors (Lipinski definition) is 1. The zero-order valence-electron chi connectivity index (χ0n) is 11.2. The number of benzene rings is 2. The Labute approximate surface area is 122 Å². The second kappa shape index (κ2) is 6.22. The Morgan fingerprint density at radius 2 is 1.79 bits per heavy atom. The van der Waals surface area contributed by atoms with Crippen LogP contribution in [0.25, 0.3) is 0 Å². The van der Waals surface area contributed by atoms with Gasteiger partial charge in [-0.25, -0.2) is 0 Å². The fourth-order valence-corrected chi connectivity index (χ4v) is 2.72. The molecule has 0 spiro atoms. The summed E-state index contributed by atoms with van der Waals surface area (Å²) in [6.07, 6.45) is 0. The van der Waals surface area contributed by atoms with Gasteiger partial charge in [-0.1, -0.05) is 23.8 Å². The van der Waals surface area contributed by atoms with Crippen molar-refractivity contribution in [3.05, 3.63) is 58.1 Å². The van der Waals surface area contributed by atoms with E-state index in [0.29, 0.717) is 0 Å². The first-order chi connectivity index (χ1) is 9.15. The first kappa shape index (κ1) is 14.1. The zero-order valence-corrected chi connectivity index (χ0v) is 12.8. The second-order valence-corrected chi connectivity index (χ2v) is 5.38. The lowest BCUT2D eigenvalue weighted by Crippen LogP contribution is -2.16. The molecule has 2 rings (SSSR count). The molecule has 0 aliphatic rings. The lowest BCUT2D eigenvalue weighted by atomic mass is 10.1. The second-order valence-electron chi connectivity index (χ2n) is 4.52. The van der Waals surface area contributed by atoms with Crippen LogP contribution in [0.3, 0.4) is 0 Å². The van der Waals surface area contributed by atoms with Gasteiger partial charge in [-0.05, 0) is 59.6 Å². The van der Waals surface area contributed by atoms with Crippen molar-refractivity contribution >= 4 is 27.3 Å². The highest BCUT2D eigenvalue weighted by Gasteiger charge is 2.10. The molecule has 0 saturated heterocycles. The molecule has 0 aliphatic heterocycles. The molecule has 0 saturated carbocycles. The van der Waals surface area contributed by atoms with E-state index >= 15 is 0 Å². The first-order valence-electron chi connectivity index (χ1n) is 6.39. The maximum absolute atomic E-state index is 9.16. The van der Waals surface area contributed by atoms with Gasteiger partial charge >= 0.3 is 0 Å². The Hall–Kier alpha value is -1.32. The van der Waals surface area contributed by atoms with Gasteiger partial charge in [-0.3, -0.25) is 0 Å². The predicted molar refractivity (Wildman–Crippen MR) is 83.9 cm³/mol. The molecule has 3 heteroatoms. The standard InChI is InChI=1S/C16H18BrNO/c1-3-18(14-7-4-12(2)5-8-14)16-9-6-13(11-19)10-15(16)17/h4-10,19H,3,11H2,1-2H3. The summed E-state index contributed by atoms with van der Waals surface area (Å²) in [5.41, 5.74) is 4.46. The van der Waals surface area contributed by atoms with Gasteiger partial charge in [0, 0.05) is 16.7 Å². The summed E-state index contributed by atoms with van der Waals surface area (Å²) in [5.74, 6) is 0. The lowest BCUT2D eigenvalue weighted by molar-refractivity contribution is 0.282. The molecule has 0 aliphatic carbocycles. The highest BCUT2D eigenvalue weighted by molar-refractivity contribution is 9.10. The third kappa shape index (κ3) is 3.17. The van der Waals surface area contributed by atoms with Gasteiger partial charge in [-0.15, -0.1) is 0 Å². The topological polar surface area (TPSA) is 23.5 Å². The number of anilines is 2. The van der Waals surface area contributed by atoms with E-state index in [0.717, 1.165) is 22.3 Å². The van der Waals surface area contributed by atoms with E-state index in [9.17, 15) is 0 Å². The van der Waals surface area contributed by atoms with Gasteiger partial charge in [0.25, 0.3) is 0 Å². The molecule has 0 radical (unpaired) electrons. The van der Waals surface area contributed by atoms with E-state index in [1.165, 1.54) is 11.3 Å². The fourth-order valence-electron chi connectivity index (χ4n) is 2.08. The van der Waals surface area contributed by atoms with Crippen molar-refractivity contribution in [1.29, 1.82) is 0 Å². The van der Waals surface area contributed by atoms with Crippen LogP contribution in [0.2, 0.25) is 0 Å². The van der Waals surface area contributed by atoms with Crippen LogP contribution in [0.1, 0.15) is 18.1 Å². The van der Waals surface area contributed by atoms with Crippen molar-refractivity contribution in [3.63, 3.8) is 0 Å². The minimum Gasteiger partial charge on any atom is -0.392 e. The highest BCUT2D eigenvalue weighted by Crippen LogP contribution is 2.32. The predicted octanol–water partition coefficient (Wildman–Crippen LogP) is 4.41. The number of aliphatic hydroxyl groups excluding tert-OH is 1. The van der Waals surface area contributed by atoms with Crippen LogP contribution in [-0.2, 0) is 6.61 Å². The van der Waals surface area contributed by atoms with Crippen molar-refractivity contribution in [1.82, 2.24) is 0 Å². The Morgan fingerprint density at radius 3 is 2.32 bits per heavy atom. The molecule has 1 N–H and O–H groups in total. The van der Waals surface area contributed by atoms with E-state index in [-0.39, 0.29) is 6.61 Å². The average molecular weight is 320 g/mol. The molecule has 0 atom stereocenters. The summed E-state index contributed by atoms with van der Waals surface area (Å²) in [6.45, 7) is 5.17. The summed E-state index contributed by atoms with van der Waals surface area (Å²) >= 11 is 3.59.